The zero-order chi connectivity index (χ0) is 19.9. The molecule has 0 saturated heterocycles. The van der Waals surface area contributed by atoms with Crippen LogP contribution in [0, 0.1) is 0 Å². The summed E-state index contributed by atoms with van der Waals surface area (Å²) in [5.41, 5.74) is -4.50. The second-order valence-corrected chi connectivity index (χ2v) is 33.5. The summed E-state index contributed by atoms with van der Waals surface area (Å²) < 4.78 is 20.2. The van der Waals surface area contributed by atoms with Crippen LogP contribution in [0.5, 0.6) is 0 Å². The lowest BCUT2D eigenvalue weighted by atomic mass is 11.0. The second kappa shape index (κ2) is 12.5. The van der Waals surface area contributed by atoms with Gasteiger partial charge in [0.05, 0.1) is 0 Å². The summed E-state index contributed by atoms with van der Waals surface area (Å²) in [6.07, 6.45) is 0. The summed E-state index contributed by atoms with van der Waals surface area (Å²) in [4.78, 5) is 0. The van der Waals surface area contributed by atoms with E-state index in [0.29, 0.717) is 0 Å². The number of hydrogen-bond donors (Lipinski definition) is 0. The molecule has 0 aromatic heterocycles. The van der Waals surface area contributed by atoms with Crippen molar-refractivity contribution in [1.82, 2.24) is 0 Å². The van der Waals surface area contributed by atoms with Gasteiger partial charge in [-0.05, 0) is 62.5 Å². The molecule has 0 amide bonds. The van der Waals surface area contributed by atoms with Gasteiger partial charge in [-0.15, -0.1) is 0 Å². The van der Waals surface area contributed by atoms with Gasteiger partial charge in [0.15, 0.2) is 11.2 Å². The zero-order valence-corrected chi connectivity index (χ0v) is 25.2. The molecule has 0 bridgehead atoms. The van der Waals surface area contributed by atoms with Gasteiger partial charge in [-0.1, -0.05) is 91.5 Å². The lowest BCUT2D eigenvalue weighted by Crippen LogP contribution is -1.79. The van der Waals surface area contributed by atoms with Crippen molar-refractivity contribution in [3.63, 3.8) is 0 Å². The van der Waals surface area contributed by atoms with Crippen LogP contribution in [-0.4, -0.2) is 28.8 Å². The molecule has 0 fully saturated rings. The van der Waals surface area contributed by atoms with Crippen LogP contribution in [0.3, 0.4) is 0 Å². The molecule has 16 heteroatoms. The van der Waals surface area contributed by atoms with Crippen molar-refractivity contribution in [2.75, 3.05) is 28.8 Å². The first-order valence-electron chi connectivity index (χ1n) is 8.00. The molecule has 0 aromatic rings. The molecular formula is C10H25Cl3N4P4S5. The first-order valence-corrected chi connectivity index (χ1v) is 25.4. The minimum atomic E-state index is -2.87. The third-order valence-electron chi connectivity index (χ3n) is 2.37. The summed E-state index contributed by atoms with van der Waals surface area (Å²) in [5, 5.41) is 0. The molecule has 1 heterocycles. The van der Waals surface area contributed by atoms with Gasteiger partial charge in [-0.3, -0.25) is 0 Å². The van der Waals surface area contributed by atoms with Crippen molar-refractivity contribution in [1.29, 1.82) is 0 Å². The van der Waals surface area contributed by atoms with Gasteiger partial charge < -0.3 is 0 Å². The summed E-state index contributed by atoms with van der Waals surface area (Å²) in [6, 6.07) is 0. The van der Waals surface area contributed by atoms with Crippen LogP contribution in [0.2, 0.25) is 0 Å². The average molecular weight is 592 g/mol. The SMILES string of the molecule is CCSP1(Cl)=NP(SCC)(SCC)=NP(Cl)(Cl)=NP(SCC)(SCC)=N1. The van der Waals surface area contributed by atoms with E-state index in [1.54, 1.807) is 56.9 Å². The fraction of sp³-hybridized carbons (Fsp3) is 1.00. The van der Waals surface area contributed by atoms with E-state index in [0.717, 1.165) is 28.8 Å². The highest BCUT2D eigenvalue weighted by atomic mass is 35.9. The Morgan fingerprint density at radius 1 is 0.538 bits per heavy atom. The summed E-state index contributed by atoms with van der Waals surface area (Å²) in [6.45, 7) is 10.5. The van der Waals surface area contributed by atoms with Crippen molar-refractivity contribution in [3.05, 3.63) is 0 Å². The zero-order valence-electron chi connectivity index (χ0n) is 15.3. The van der Waals surface area contributed by atoms with Gasteiger partial charge in [0.2, 0.25) is 5.76 Å². The van der Waals surface area contributed by atoms with E-state index < -0.39 is 22.9 Å². The van der Waals surface area contributed by atoms with E-state index in [4.69, 9.17) is 51.8 Å². The Morgan fingerprint density at radius 3 is 1.31 bits per heavy atom. The Bertz CT molecular complexity index is 668. The molecule has 1 aliphatic heterocycles. The van der Waals surface area contributed by atoms with E-state index in [9.17, 15) is 0 Å². The predicted octanol–water partition coefficient (Wildman–Crippen LogP) is 12.3. The van der Waals surface area contributed by atoms with E-state index in [2.05, 4.69) is 34.6 Å². The number of hydrogen-bond acceptors (Lipinski definition) is 9. The smallest absolute Gasteiger partial charge is 0.197 e. The van der Waals surface area contributed by atoms with E-state index >= 15 is 0 Å². The first kappa shape index (κ1) is 27.6. The highest BCUT2D eigenvalue weighted by Crippen LogP contribution is 2.94. The predicted molar refractivity (Wildman–Crippen MR) is 146 cm³/mol. The number of halogens is 3. The highest BCUT2D eigenvalue weighted by Gasteiger charge is 2.36. The van der Waals surface area contributed by atoms with Gasteiger partial charge in [-0.25, -0.2) is 0 Å². The van der Waals surface area contributed by atoms with Crippen molar-refractivity contribution < 1.29 is 0 Å². The van der Waals surface area contributed by atoms with E-state index in [1.807, 2.05) is 0 Å². The minimum Gasteiger partial charge on any atom is -0.197 e. The maximum atomic E-state index is 7.11. The van der Waals surface area contributed by atoms with Gasteiger partial charge >= 0.3 is 0 Å². The van der Waals surface area contributed by atoms with Crippen molar-refractivity contribution >= 4 is 114 Å². The van der Waals surface area contributed by atoms with Gasteiger partial charge in [0.1, 0.15) is 0 Å². The molecule has 0 spiro atoms. The Morgan fingerprint density at radius 2 is 0.923 bits per heavy atom. The van der Waals surface area contributed by atoms with Crippen LogP contribution in [0.25, 0.3) is 0 Å². The quantitative estimate of drug-likeness (QED) is 0.236. The van der Waals surface area contributed by atoms with E-state index in [-0.39, 0.29) is 0 Å². The third kappa shape index (κ3) is 8.58. The Hall–Kier alpha value is 3.54. The molecule has 0 aliphatic carbocycles. The van der Waals surface area contributed by atoms with Crippen molar-refractivity contribution in [2.24, 2.45) is 18.1 Å². The molecule has 0 aromatic carbocycles. The number of rotatable bonds is 10. The fourth-order valence-corrected chi connectivity index (χ4v) is 48.9. The molecule has 0 radical (unpaired) electrons. The topological polar surface area (TPSA) is 49.4 Å². The monoisotopic (exact) mass is 590 g/mol. The molecule has 1 unspecified atom stereocenters. The normalized spacial score (nSPS) is 26.5. The molecule has 156 valence electrons. The highest BCUT2D eigenvalue weighted by molar-refractivity contribution is 8.93. The Kier molecular flexibility index (Phi) is 13.3. The van der Waals surface area contributed by atoms with Crippen LogP contribution < -0.4 is 0 Å². The van der Waals surface area contributed by atoms with Crippen LogP contribution in [0.15, 0.2) is 18.1 Å². The van der Waals surface area contributed by atoms with Gasteiger partial charge in [0.25, 0.3) is 5.91 Å². The molecule has 1 rings (SSSR count). The number of nitrogens with zero attached hydrogens (tertiary/aromatic N) is 4. The lowest BCUT2D eigenvalue weighted by molar-refractivity contribution is 1.53. The molecule has 26 heavy (non-hydrogen) atoms. The maximum absolute atomic E-state index is 7.11. The largest absolute Gasteiger partial charge is 0.256 e. The van der Waals surface area contributed by atoms with Gasteiger partial charge in [-0.2, -0.15) is 18.1 Å². The van der Waals surface area contributed by atoms with Crippen LogP contribution in [0.1, 0.15) is 34.6 Å². The Balaban J connectivity index is 3.87. The van der Waals surface area contributed by atoms with Crippen molar-refractivity contribution in [2.45, 2.75) is 34.6 Å². The molecule has 0 saturated carbocycles. The van der Waals surface area contributed by atoms with Gasteiger partial charge in [0, 0.05) is 0 Å². The summed E-state index contributed by atoms with van der Waals surface area (Å²) >= 11 is 29.0. The van der Waals surface area contributed by atoms with Crippen LogP contribution >= 0.6 is 114 Å². The summed E-state index contributed by atoms with van der Waals surface area (Å²) in [5.74, 6) is -0.992. The van der Waals surface area contributed by atoms with Crippen LogP contribution in [-0.2, 0) is 0 Å². The summed E-state index contributed by atoms with van der Waals surface area (Å²) in [7, 11) is 0. The Labute approximate surface area is 193 Å². The average Bonchev–Trinajstić information content (AvgIpc) is 2.45. The first-order chi connectivity index (χ1) is 12.1. The van der Waals surface area contributed by atoms with Crippen molar-refractivity contribution in [3.8, 4) is 0 Å². The second-order valence-electron chi connectivity index (χ2n) is 4.36. The molecule has 4 nitrogen and oxygen atoms in total. The fourth-order valence-electron chi connectivity index (χ4n) is 1.79. The minimum absolute atomic E-state index is 0.855. The molecule has 1 atom stereocenters. The third-order valence-corrected chi connectivity index (χ3v) is 36.2. The molecule has 0 N–H and O–H groups in total. The van der Waals surface area contributed by atoms with Crippen LogP contribution in [0.4, 0.5) is 0 Å². The lowest BCUT2D eigenvalue weighted by Gasteiger charge is -2.28. The maximum Gasteiger partial charge on any atom is 0.256 e. The molecular weight excluding hydrogens is 567 g/mol. The van der Waals surface area contributed by atoms with E-state index in [1.165, 1.54) is 0 Å². The standard InChI is InChI=1S/C10H25Cl3N4P4S5/c1-6-22-19(13)16-20(23-7-2,24-8-3)14-18(11,12)15-21(17-19,25-9-4)26-10-5/h6-10H2,1-5H3. The molecule has 1 aliphatic rings.